The number of halogens is 7. The first kappa shape index (κ1) is 14.0. The molecule has 0 heterocycles. The number of amides is 1. The Hall–Kier alpha value is -1.02. The molecule has 0 unspecified atom stereocenters. The maximum absolute atomic E-state index is 12.4. The molecule has 1 amide bonds. The fourth-order valence-electron chi connectivity index (χ4n) is 0.652. The lowest BCUT2D eigenvalue weighted by molar-refractivity contribution is -0.355. The van der Waals surface area contributed by atoms with E-state index in [2.05, 4.69) is 0 Å². The number of carbonyl (C=O) groups is 1. The molecule has 0 saturated carbocycles. The van der Waals surface area contributed by atoms with E-state index in [9.17, 15) is 35.5 Å². The van der Waals surface area contributed by atoms with Crippen molar-refractivity contribution >= 4 is 6.41 Å². The van der Waals surface area contributed by atoms with Gasteiger partial charge < -0.3 is 5.32 Å². The van der Waals surface area contributed by atoms with Gasteiger partial charge in [-0.05, 0) is 0 Å². The summed E-state index contributed by atoms with van der Waals surface area (Å²) in [6.45, 7) is -0.970. The molecule has 0 bridgehead atoms. The average molecular weight is 241 g/mol. The molecule has 9 heteroatoms. The van der Waals surface area contributed by atoms with Crippen molar-refractivity contribution < 1.29 is 35.5 Å². The highest BCUT2D eigenvalue weighted by molar-refractivity contribution is 5.45. The van der Waals surface area contributed by atoms with Gasteiger partial charge in [0.05, 0.1) is 0 Å². The Labute approximate surface area is 79.4 Å². The highest BCUT2D eigenvalue weighted by Crippen LogP contribution is 2.47. The van der Waals surface area contributed by atoms with Crippen molar-refractivity contribution in [3.63, 3.8) is 0 Å². The van der Waals surface area contributed by atoms with Crippen LogP contribution >= 0.6 is 0 Å². The number of alkyl halides is 7. The maximum Gasteiger partial charge on any atom is 0.459 e. The summed E-state index contributed by atoms with van der Waals surface area (Å²) >= 11 is 0. The van der Waals surface area contributed by atoms with E-state index in [1.165, 1.54) is 0 Å². The van der Waals surface area contributed by atoms with Gasteiger partial charge in [-0.25, -0.2) is 0 Å². The van der Waals surface area contributed by atoms with E-state index in [-0.39, 0.29) is 6.41 Å². The number of hydrogen-bond donors (Lipinski definition) is 1. The highest BCUT2D eigenvalue weighted by atomic mass is 19.4. The Morgan fingerprint density at radius 3 is 1.80 bits per heavy atom. The largest absolute Gasteiger partial charge is 0.459 e. The quantitative estimate of drug-likeness (QED) is 0.445. The van der Waals surface area contributed by atoms with Gasteiger partial charge in [-0.1, -0.05) is 0 Å². The second-order valence-electron chi connectivity index (χ2n) is 2.60. The van der Waals surface area contributed by atoms with Gasteiger partial charge in [0.25, 0.3) is 0 Å². The predicted molar refractivity (Wildman–Crippen MR) is 34.6 cm³/mol. The molecule has 0 aliphatic carbocycles. The van der Waals surface area contributed by atoms with Gasteiger partial charge in [0.15, 0.2) is 0 Å². The number of nitrogens with one attached hydrogen (secondary N) is 1. The van der Waals surface area contributed by atoms with Crippen molar-refractivity contribution in [2.24, 2.45) is 0 Å². The number of hydrogen-bond acceptors (Lipinski definition) is 1. The van der Waals surface area contributed by atoms with Crippen molar-refractivity contribution in [3.8, 4) is 0 Å². The fourth-order valence-corrected chi connectivity index (χ4v) is 0.652. The van der Waals surface area contributed by atoms with Crippen LogP contribution in [0.4, 0.5) is 30.7 Å². The van der Waals surface area contributed by atoms with Crippen molar-refractivity contribution in [1.82, 2.24) is 5.32 Å². The maximum atomic E-state index is 12.4. The monoisotopic (exact) mass is 241 g/mol. The molecule has 0 fully saturated rings. The summed E-state index contributed by atoms with van der Waals surface area (Å²) in [6, 6.07) is 0. The van der Waals surface area contributed by atoms with Crippen molar-refractivity contribution in [1.29, 1.82) is 0 Å². The molecule has 0 saturated heterocycles. The van der Waals surface area contributed by atoms with E-state index in [1.807, 2.05) is 0 Å². The topological polar surface area (TPSA) is 29.1 Å². The normalized spacial score (nSPS) is 13.8. The Kier molecular flexibility index (Phi) is 3.94. The van der Waals surface area contributed by atoms with Gasteiger partial charge in [0, 0.05) is 13.0 Å². The van der Waals surface area contributed by atoms with Crippen LogP contribution in [0.5, 0.6) is 0 Å². The van der Waals surface area contributed by atoms with Crippen LogP contribution in [0.15, 0.2) is 0 Å². The number of carbonyl (C=O) groups excluding carboxylic acids is 1. The summed E-state index contributed by atoms with van der Waals surface area (Å²) in [5.74, 6) is -11.4. The third-order valence-corrected chi connectivity index (χ3v) is 1.48. The standard InChI is InChI=1S/C6H6F7NO/c7-4(8,1-2-14-3-15)5(9,10)6(11,12)13/h3H,1-2H2,(H,14,15). The molecular weight excluding hydrogens is 235 g/mol. The molecule has 0 aromatic carbocycles. The molecule has 0 atom stereocenters. The minimum atomic E-state index is -6.32. The molecule has 0 spiro atoms. The Morgan fingerprint density at radius 1 is 1.00 bits per heavy atom. The summed E-state index contributed by atoms with van der Waals surface area (Å²) < 4.78 is 83.6. The SMILES string of the molecule is O=CNCCC(F)(F)C(F)(F)C(F)(F)F. The summed E-state index contributed by atoms with van der Waals surface area (Å²) in [4.78, 5) is 9.57. The minimum absolute atomic E-state index is 0.0815. The van der Waals surface area contributed by atoms with Crippen molar-refractivity contribution in [2.45, 2.75) is 24.4 Å². The Balaban J connectivity index is 4.62. The molecule has 2 nitrogen and oxygen atoms in total. The molecule has 0 aliphatic rings. The zero-order chi connectivity index (χ0) is 12.3. The zero-order valence-corrected chi connectivity index (χ0v) is 7.05. The second-order valence-corrected chi connectivity index (χ2v) is 2.60. The van der Waals surface area contributed by atoms with Crippen LogP contribution in [-0.2, 0) is 4.79 Å². The van der Waals surface area contributed by atoms with Crippen LogP contribution in [0.3, 0.4) is 0 Å². The molecule has 0 aromatic heterocycles. The third kappa shape index (κ3) is 2.96. The predicted octanol–water partition coefficient (Wildman–Crippen LogP) is 1.96. The molecule has 15 heavy (non-hydrogen) atoms. The van der Waals surface area contributed by atoms with E-state index < -0.39 is 31.0 Å². The van der Waals surface area contributed by atoms with Crippen LogP contribution in [0.1, 0.15) is 6.42 Å². The van der Waals surface area contributed by atoms with Gasteiger partial charge in [-0.3, -0.25) is 4.79 Å². The summed E-state index contributed by atoms with van der Waals surface area (Å²) in [5, 5.41) is 1.57. The van der Waals surface area contributed by atoms with Gasteiger partial charge in [-0.2, -0.15) is 30.7 Å². The van der Waals surface area contributed by atoms with Gasteiger partial charge in [-0.15, -0.1) is 0 Å². The first-order valence-electron chi connectivity index (χ1n) is 3.55. The third-order valence-electron chi connectivity index (χ3n) is 1.48. The van der Waals surface area contributed by atoms with Crippen LogP contribution in [-0.4, -0.2) is 31.0 Å². The average Bonchev–Trinajstić information content (AvgIpc) is 2.02. The molecule has 0 rings (SSSR count). The number of rotatable bonds is 5. The van der Waals surface area contributed by atoms with Crippen LogP contribution < -0.4 is 5.32 Å². The van der Waals surface area contributed by atoms with Crippen LogP contribution in [0.25, 0.3) is 0 Å². The van der Waals surface area contributed by atoms with E-state index >= 15 is 0 Å². The molecule has 90 valence electrons. The first-order valence-corrected chi connectivity index (χ1v) is 3.55. The van der Waals surface area contributed by atoms with Crippen molar-refractivity contribution in [3.05, 3.63) is 0 Å². The van der Waals surface area contributed by atoms with E-state index in [4.69, 9.17) is 0 Å². The van der Waals surface area contributed by atoms with E-state index in [0.29, 0.717) is 0 Å². The highest BCUT2D eigenvalue weighted by Gasteiger charge is 2.72. The zero-order valence-electron chi connectivity index (χ0n) is 7.05. The van der Waals surface area contributed by atoms with Gasteiger partial charge in [0.1, 0.15) is 0 Å². The Bertz CT molecular complexity index is 224. The molecule has 0 aliphatic heterocycles. The first-order chi connectivity index (χ1) is 6.56. The molecule has 1 N–H and O–H groups in total. The van der Waals surface area contributed by atoms with Crippen LogP contribution in [0.2, 0.25) is 0 Å². The summed E-state index contributed by atoms with van der Waals surface area (Å²) in [6.07, 6.45) is -8.20. The molecular formula is C6H6F7NO. The van der Waals surface area contributed by atoms with Crippen molar-refractivity contribution in [2.75, 3.05) is 6.54 Å². The smallest absolute Gasteiger partial charge is 0.358 e. The Morgan fingerprint density at radius 2 is 1.47 bits per heavy atom. The van der Waals surface area contributed by atoms with E-state index in [0.717, 1.165) is 0 Å². The summed E-state index contributed by atoms with van der Waals surface area (Å²) in [7, 11) is 0. The lowest BCUT2D eigenvalue weighted by Gasteiger charge is -2.27. The minimum Gasteiger partial charge on any atom is -0.358 e. The summed E-state index contributed by atoms with van der Waals surface area (Å²) in [5.41, 5.74) is 0. The second kappa shape index (κ2) is 4.23. The lowest BCUT2D eigenvalue weighted by atomic mass is 10.1. The van der Waals surface area contributed by atoms with Crippen LogP contribution in [0, 0.1) is 0 Å². The van der Waals surface area contributed by atoms with Gasteiger partial charge >= 0.3 is 18.0 Å². The molecule has 0 aromatic rings. The molecule has 0 radical (unpaired) electrons. The van der Waals surface area contributed by atoms with E-state index in [1.54, 1.807) is 5.32 Å². The lowest BCUT2D eigenvalue weighted by Crippen LogP contribution is -2.52. The van der Waals surface area contributed by atoms with Gasteiger partial charge in [0.2, 0.25) is 6.41 Å². The fraction of sp³-hybridized carbons (Fsp3) is 0.833.